The number of ketones is 3. The molecule has 0 aliphatic rings. The Morgan fingerprint density at radius 1 is 0.393 bits per heavy atom. The molecule has 656 valence electrons. The third kappa shape index (κ3) is 32.6. The van der Waals surface area contributed by atoms with Gasteiger partial charge in [-0.2, -0.15) is 13.2 Å². The molecule has 0 radical (unpaired) electrons. The molecule has 0 spiro atoms. The van der Waals surface area contributed by atoms with E-state index >= 15 is 0 Å². The van der Waals surface area contributed by atoms with Crippen LogP contribution in [0.2, 0.25) is 0 Å². The first kappa shape index (κ1) is 98.3. The van der Waals surface area contributed by atoms with Crippen LogP contribution < -0.4 is 84.3 Å². The molecular formula is C91H123F3N20O8. The smallest absolute Gasteiger partial charge is 0.345 e. The number of pyridine rings is 3. The number of fused-ring (bicyclic) bond motifs is 3. The van der Waals surface area contributed by atoms with Crippen LogP contribution in [0.4, 0.5) is 13.2 Å². The number of halogens is 3. The summed E-state index contributed by atoms with van der Waals surface area (Å²) in [6.07, 6.45) is 6.37. The molecule has 31 heteroatoms. The second-order valence-electron chi connectivity index (χ2n) is 30.6. The van der Waals surface area contributed by atoms with Crippen molar-refractivity contribution in [2.24, 2.45) is 68.5 Å². The van der Waals surface area contributed by atoms with E-state index in [1.165, 1.54) is 17.0 Å². The number of alkyl halides is 3. The maximum atomic E-state index is 13.5. The van der Waals surface area contributed by atoms with Crippen LogP contribution in [-0.2, 0) is 83.1 Å². The molecule has 0 fully saturated rings. The number of hydrogen-bond donors (Lipinski definition) is 15. The zero-order chi connectivity index (χ0) is 88.4. The van der Waals surface area contributed by atoms with E-state index in [0.717, 1.165) is 92.8 Å². The van der Waals surface area contributed by atoms with Crippen LogP contribution in [0.15, 0.2) is 195 Å². The number of carbonyl (C=O) groups is 8. The van der Waals surface area contributed by atoms with Gasteiger partial charge in [0.15, 0.2) is 17.3 Å². The second kappa shape index (κ2) is 51.9. The molecule has 0 aliphatic carbocycles. The number of aryl methyl sites for hydroxylation is 2. The van der Waals surface area contributed by atoms with Gasteiger partial charge in [0, 0.05) is 119 Å². The Morgan fingerprint density at radius 2 is 0.795 bits per heavy atom. The lowest BCUT2D eigenvalue weighted by atomic mass is 9.74. The van der Waals surface area contributed by atoms with Gasteiger partial charge < -0.3 is 94.1 Å². The van der Waals surface area contributed by atoms with Gasteiger partial charge in [0.2, 0.25) is 29.5 Å². The maximum Gasteiger partial charge on any atom is 0.416 e. The molecule has 0 bridgehead atoms. The van der Waals surface area contributed by atoms with E-state index in [9.17, 15) is 51.5 Å². The Morgan fingerprint density at radius 3 is 1.20 bits per heavy atom. The van der Waals surface area contributed by atoms with Crippen molar-refractivity contribution < 1.29 is 51.5 Å². The molecule has 122 heavy (non-hydrogen) atoms. The molecular weight excluding hydrogens is 1560 g/mol. The minimum Gasteiger partial charge on any atom is -0.345 e. The van der Waals surface area contributed by atoms with Crippen molar-refractivity contribution in [3.63, 3.8) is 0 Å². The third-order valence-electron chi connectivity index (χ3n) is 21.4. The minimum absolute atomic E-state index is 0.0154. The van der Waals surface area contributed by atoms with Crippen molar-refractivity contribution >= 4 is 79.6 Å². The van der Waals surface area contributed by atoms with Crippen molar-refractivity contribution in [3.8, 4) is 0 Å². The van der Waals surface area contributed by atoms with Gasteiger partial charge in [-0.1, -0.05) is 134 Å². The maximum absolute atomic E-state index is 13.5. The van der Waals surface area contributed by atoms with E-state index in [4.69, 9.17) is 63.1 Å². The number of nitrogens with zero attached hydrogens (tertiary/aromatic N) is 5. The molecule has 0 aliphatic heterocycles. The number of benzene rings is 6. The molecule has 5 amide bonds. The monoisotopic (exact) mass is 1680 g/mol. The zero-order valence-electron chi connectivity index (χ0n) is 69.5. The average Bonchev–Trinajstić information content (AvgIpc) is 0.828. The summed E-state index contributed by atoms with van der Waals surface area (Å²) in [5, 5.41) is 14.3. The van der Waals surface area contributed by atoms with Crippen LogP contribution in [0.25, 0.3) is 32.7 Å². The van der Waals surface area contributed by atoms with Gasteiger partial charge in [0.1, 0.15) is 0 Å². The van der Waals surface area contributed by atoms with Crippen molar-refractivity contribution in [3.05, 3.63) is 233 Å². The van der Waals surface area contributed by atoms with Crippen molar-refractivity contribution in [2.75, 3.05) is 85.1 Å². The minimum atomic E-state index is -4.48. The zero-order valence-corrected chi connectivity index (χ0v) is 69.5. The summed E-state index contributed by atoms with van der Waals surface area (Å²) in [6, 6.07) is 46.6. The first-order valence-electron chi connectivity index (χ1n) is 41.7. The highest BCUT2D eigenvalue weighted by Gasteiger charge is 2.34. The summed E-state index contributed by atoms with van der Waals surface area (Å²) in [6.45, 7) is 5.12. The van der Waals surface area contributed by atoms with Crippen LogP contribution >= 0.6 is 0 Å². The van der Waals surface area contributed by atoms with Crippen LogP contribution in [0.1, 0.15) is 103 Å². The first-order chi connectivity index (χ1) is 58.8. The number of hydrogen-bond acceptors (Lipinski definition) is 23. The van der Waals surface area contributed by atoms with E-state index in [1.807, 2.05) is 152 Å². The van der Waals surface area contributed by atoms with E-state index in [0.29, 0.717) is 109 Å². The van der Waals surface area contributed by atoms with Crippen LogP contribution in [0.5, 0.6) is 0 Å². The highest BCUT2D eigenvalue weighted by Crippen LogP contribution is 2.36. The molecule has 26 N–H and O–H groups in total. The lowest BCUT2D eigenvalue weighted by molar-refractivity contribution is -0.137. The van der Waals surface area contributed by atoms with E-state index < -0.39 is 71.8 Å². The number of para-hydroxylation sites is 3. The van der Waals surface area contributed by atoms with E-state index in [2.05, 4.69) is 36.2 Å². The summed E-state index contributed by atoms with van der Waals surface area (Å²) in [5.41, 5.74) is 70.8. The van der Waals surface area contributed by atoms with Crippen molar-refractivity contribution in [1.29, 1.82) is 0 Å². The lowest BCUT2D eigenvalue weighted by Gasteiger charge is -2.33. The molecule has 3 heterocycles. The van der Waals surface area contributed by atoms with E-state index in [1.54, 1.807) is 23.5 Å². The molecule has 9 rings (SSSR count). The number of Topliss-reactive ketones (excluding diaryl/α,β-unsaturated/α-hetero) is 3. The van der Waals surface area contributed by atoms with Gasteiger partial charge in [-0.05, 0) is 171 Å². The number of nitrogens with one attached hydrogen (secondary N) is 4. The standard InChI is InChI=1S/C32H43F3N6O2.C30H41N7O3.C29H39N7O3/c33-32(34,35)25-9-7-22(8-10-25)19-28(29(42)20-23-18-24-4-1-2-6-27(24)40-21-23)41-30(43)26(39)5-3-11-31(12-15-36,13-16-37)14-17-38;31-12-14-34-15-17-37(16-13-32)29(39)20-25(33)30(40)36-27(11-10-22-6-2-1-3-7-22)28(38)19-23-18-24-8-4-5-9-26(24)35-21-23;30-12-13-36(23(17-31)18-32)28(38)16-24(33)29(39)35-26(11-10-20-6-2-1-3-7-20)27(37)15-21-14-22-8-4-5-9-25(22)34-19-21/h1-2,4,6-10,18,21,26,28H,3,5,11-17,19-20,36-39H2,(H,41,43);1-9,18,21,25,27,34H,10-17,19-20,31-33H2,(H,36,40);1-9,14,19,23-24,26H,10-13,15-18,30-33H2,(H,35,39)/t26-,28+;25-,27-;24-,26-/m000/s1. The normalized spacial score (nSPS) is 13.0. The average molecular weight is 1680 g/mol. The van der Waals surface area contributed by atoms with Gasteiger partial charge in [-0.3, -0.25) is 53.3 Å². The predicted molar refractivity (Wildman–Crippen MR) is 473 cm³/mol. The van der Waals surface area contributed by atoms with Gasteiger partial charge in [-0.25, -0.2) is 0 Å². The molecule has 0 saturated carbocycles. The molecule has 0 unspecified atom stereocenters. The fourth-order valence-corrected chi connectivity index (χ4v) is 14.6. The van der Waals surface area contributed by atoms with Gasteiger partial charge in [0.25, 0.3) is 0 Å². The Kier molecular flexibility index (Phi) is 41.8. The van der Waals surface area contributed by atoms with Crippen LogP contribution in [-0.4, -0.2) is 199 Å². The molecule has 3 aromatic heterocycles. The summed E-state index contributed by atoms with van der Waals surface area (Å²) in [4.78, 5) is 122. The van der Waals surface area contributed by atoms with Crippen molar-refractivity contribution in [2.45, 2.75) is 151 Å². The summed E-state index contributed by atoms with van der Waals surface area (Å²) in [5.74, 6) is -2.84. The summed E-state index contributed by atoms with van der Waals surface area (Å²) in [7, 11) is 0. The fraction of sp³-hybridized carbons (Fsp3) is 0.418. The number of rotatable bonds is 49. The highest BCUT2D eigenvalue weighted by molar-refractivity contribution is 5.96. The van der Waals surface area contributed by atoms with Crippen LogP contribution in [0, 0.1) is 5.41 Å². The number of nitrogens with two attached hydrogens (primary N) is 11. The topological polar surface area (TPSA) is 516 Å². The SMILES string of the molecule is NCCC(CCN)(CCN)CCC[C@H](N)C(=O)N[C@H](Cc1ccc(C(F)(F)F)cc1)C(=O)Cc1cnc2ccccc2c1.NCCN(C(=O)C[C@H](N)C(=O)N[C@@H](CCc1ccccc1)C(=O)Cc1cnc2ccccc2c1)C(CN)CN.NCCNCCN(CCN)C(=O)C[C@H](N)C(=O)N[C@@H](CCc1ccccc1)C(=O)Cc1cnc2ccccc2c1. The fourth-order valence-electron chi connectivity index (χ4n) is 14.6. The number of carbonyl (C=O) groups excluding carboxylic acids is 8. The van der Waals surface area contributed by atoms with Gasteiger partial charge in [-0.15, -0.1) is 0 Å². The first-order valence-corrected chi connectivity index (χ1v) is 41.7. The van der Waals surface area contributed by atoms with Crippen molar-refractivity contribution in [1.82, 2.24) is 46.0 Å². The molecule has 0 saturated heterocycles. The third-order valence-corrected chi connectivity index (χ3v) is 21.4. The summed E-state index contributed by atoms with van der Waals surface area (Å²) < 4.78 is 39.2. The Balaban J connectivity index is 0.000000252. The number of amides is 5. The molecule has 6 atom stereocenters. The highest BCUT2D eigenvalue weighted by atomic mass is 19.4. The Labute approximate surface area is 711 Å². The molecule has 9 aromatic rings. The Bertz CT molecular complexity index is 4730. The van der Waals surface area contributed by atoms with E-state index in [-0.39, 0.29) is 99.3 Å². The van der Waals surface area contributed by atoms with Gasteiger partial charge in [0.05, 0.1) is 77.2 Å². The predicted octanol–water partition coefficient (Wildman–Crippen LogP) is 4.39. The lowest BCUT2D eigenvalue weighted by Crippen LogP contribution is -2.54. The quantitative estimate of drug-likeness (QED) is 0.0235. The molecule has 6 aromatic carbocycles. The molecule has 28 nitrogen and oxygen atoms in total. The second-order valence-corrected chi connectivity index (χ2v) is 30.6. The Hall–Kier alpha value is -10.8. The van der Waals surface area contributed by atoms with Gasteiger partial charge >= 0.3 is 6.18 Å². The number of aromatic nitrogens is 3. The van der Waals surface area contributed by atoms with Crippen LogP contribution in [0.3, 0.4) is 0 Å². The largest absolute Gasteiger partial charge is 0.416 e. The summed E-state index contributed by atoms with van der Waals surface area (Å²) >= 11 is 0.